The molecular weight excluding hydrogens is 320 g/mol. The lowest BCUT2D eigenvalue weighted by Crippen LogP contribution is -2.18. The zero-order chi connectivity index (χ0) is 14.5. The highest BCUT2D eigenvalue weighted by molar-refractivity contribution is 9.09. The second kappa shape index (κ2) is 6.88. The molecule has 2 aromatic rings. The summed E-state index contributed by atoms with van der Waals surface area (Å²) < 4.78 is 0. The molecule has 0 bridgehead atoms. The minimum Gasteiger partial charge on any atom is -0.508 e. The minimum atomic E-state index is -0.874. The number of halogens is 1. The van der Waals surface area contributed by atoms with E-state index in [0.717, 1.165) is 11.1 Å². The predicted molar refractivity (Wildman–Crippen MR) is 82.9 cm³/mol. The first-order valence-electron chi connectivity index (χ1n) is 6.43. The number of aliphatic hydroxyl groups is 2. The Morgan fingerprint density at radius 3 is 1.85 bits per heavy atom. The maximum absolute atomic E-state index is 10.0. The maximum Gasteiger partial charge on any atom is 0.115 e. The fraction of sp³-hybridized carbons (Fsp3) is 0.250. The zero-order valence-corrected chi connectivity index (χ0v) is 12.5. The summed E-state index contributed by atoms with van der Waals surface area (Å²) in [5.74, 6) is 0.235. The van der Waals surface area contributed by atoms with Gasteiger partial charge in [-0.2, -0.15) is 0 Å². The average Bonchev–Trinajstić information content (AvgIpc) is 2.48. The Kier molecular flexibility index (Phi) is 5.17. The molecule has 0 aliphatic heterocycles. The van der Waals surface area contributed by atoms with Crippen molar-refractivity contribution in [2.24, 2.45) is 0 Å². The lowest BCUT2D eigenvalue weighted by atomic mass is 9.99. The van der Waals surface area contributed by atoms with Crippen LogP contribution in [0.2, 0.25) is 0 Å². The third-order valence-corrected chi connectivity index (χ3v) is 3.68. The van der Waals surface area contributed by atoms with Gasteiger partial charge in [0.1, 0.15) is 11.9 Å². The molecule has 0 heterocycles. The van der Waals surface area contributed by atoms with E-state index < -0.39 is 12.2 Å². The van der Waals surface area contributed by atoms with Crippen molar-refractivity contribution in [2.45, 2.75) is 18.6 Å². The molecule has 106 valence electrons. The maximum atomic E-state index is 10.0. The van der Waals surface area contributed by atoms with Gasteiger partial charge in [-0.25, -0.2) is 0 Å². The Labute approximate surface area is 126 Å². The molecule has 0 aliphatic rings. The number of aromatic hydroxyl groups is 1. The van der Waals surface area contributed by atoms with E-state index in [1.54, 1.807) is 12.1 Å². The SMILES string of the molecule is Oc1ccc(-c2ccc(C(O)C(O)CCBr)cc2)cc1. The van der Waals surface area contributed by atoms with Gasteiger partial charge in [0, 0.05) is 5.33 Å². The largest absolute Gasteiger partial charge is 0.508 e. The van der Waals surface area contributed by atoms with E-state index in [-0.39, 0.29) is 5.75 Å². The monoisotopic (exact) mass is 336 g/mol. The van der Waals surface area contributed by atoms with Crippen LogP contribution in [-0.2, 0) is 0 Å². The van der Waals surface area contributed by atoms with Crippen molar-refractivity contribution in [1.29, 1.82) is 0 Å². The number of aliphatic hydroxyl groups excluding tert-OH is 2. The lowest BCUT2D eigenvalue weighted by Gasteiger charge is -2.17. The predicted octanol–water partition coefficient (Wildman–Crippen LogP) is 3.24. The van der Waals surface area contributed by atoms with Crippen molar-refractivity contribution < 1.29 is 15.3 Å². The summed E-state index contributed by atoms with van der Waals surface area (Å²) in [4.78, 5) is 0. The molecule has 0 spiro atoms. The first kappa shape index (κ1) is 15.0. The van der Waals surface area contributed by atoms with E-state index >= 15 is 0 Å². The van der Waals surface area contributed by atoms with Gasteiger partial charge in [-0.05, 0) is 35.2 Å². The Bertz CT molecular complexity index is 537. The highest BCUT2D eigenvalue weighted by Crippen LogP contribution is 2.25. The number of hydrogen-bond acceptors (Lipinski definition) is 3. The van der Waals surface area contributed by atoms with Crippen molar-refractivity contribution >= 4 is 15.9 Å². The van der Waals surface area contributed by atoms with Gasteiger partial charge in [-0.1, -0.05) is 52.3 Å². The van der Waals surface area contributed by atoms with E-state index in [0.29, 0.717) is 17.3 Å². The van der Waals surface area contributed by atoms with Gasteiger partial charge >= 0.3 is 0 Å². The minimum absolute atomic E-state index is 0.235. The van der Waals surface area contributed by atoms with Crippen LogP contribution < -0.4 is 0 Å². The van der Waals surface area contributed by atoms with Gasteiger partial charge in [0.15, 0.2) is 0 Å². The molecule has 0 radical (unpaired) electrons. The van der Waals surface area contributed by atoms with Crippen LogP contribution in [-0.4, -0.2) is 26.8 Å². The van der Waals surface area contributed by atoms with Crippen LogP contribution >= 0.6 is 15.9 Å². The first-order chi connectivity index (χ1) is 9.61. The Morgan fingerprint density at radius 1 is 0.850 bits per heavy atom. The summed E-state index contributed by atoms with van der Waals surface area (Å²) >= 11 is 3.25. The summed E-state index contributed by atoms with van der Waals surface area (Å²) in [6, 6.07) is 14.3. The number of alkyl halides is 1. The van der Waals surface area contributed by atoms with Crippen molar-refractivity contribution in [3.05, 3.63) is 54.1 Å². The summed E-state index contributed by atoms with van der Waals surface area (Å²) in [5, 5.41) is 29.7. The van der Waals surface area contributed by atoms with E-state index in [9.17, 15) is 15.3 Å². The number of benzene rings is 2. The summed E-state index contributed by atoms with van der Waals surface area (Å²) in [7, 11) is 0. The Balaban J connectivity index is 2.15. The molecule has 0 amide bonds. The molecule has 0 aromatic heterocycles. The van der Waals surface area contributed by atoms with Crippen LogP contribution in [0, 0.1) is 0 Å². The van der Waals surface area contributed by atoms with Crippen LogP contribution in [0.15, 0.2) is 48.5 Å². The summed E-state index contributed by atoms with van der Waals surface area (Å²) in [6.45, 7) is 0. The van der Waals surface area contributed by atoms with E-state index in [4.69, 9.17) is 0 Å². The van der Waals surface area contributed by atoms with Crippen LogP contribution in [0.5, 0.6) is 5.75 Å². The fourth-order valence-corrected chi connectivity index (χ4v) is 2.49. The van der Waals surface area contributed by atoms with Crippen molar-refractivity contribution in [3.63, 3.8) is 0 Å². The quantitative estimate of drug-likeness (QED) is 0.734. The topological polar surface area (TPSA) is 60.7 Å². The smallest absolute Gasteiger partial charge is 0.115 e. The standard InChI is InChI=1S/C16H17BrO3/c17-10-9-15(19)16(20)13-3-1-11(2-4-13)12-5-7-14(18)8-6-12/h1-8,15-16,18-20H,9-10H2. The van der Waals surface area contributed by atoms with E-state index in [1.807, 2.05) is 36.4 Å². The van der Waals surface area contributed by atoms with Crippen molar-refractivity contribution in [3.8, 4) is 16.9 Å². The van der Waals surface area contributed by atoms with Crippen molar-refractivity contribution in [2.75, 3.05) is 5.33 Å². The highest BCUT2D eigenvalue weighted by atomic mass is 79.9. The molecule has 2 atom stereocenters. The zero-order valence-electron chi connectivity index (χ0n) is 10.9. The number of rotatable bonds is 5. The first-order valence-corrected chi connectivity index (χ1v) is 7.55. The average molecular weight is 337 g/mol. The van der Waals surface area contributed by atoms with Crippen LogP contribution in [0.4, 0.5) is 0 Å². The molecule has 2 rings (SSSR count). The third-order valence-electron chi connectivity index (χ3n) is 3.22. The van der Waals surface area contributed by atoms with Gasteiger partial charge in [-0.15, -0.1) is 0 Å². The van der Waals surface area contributed by atoms with Gasteiger partial charge in [0.2, 0.25) is 0 Å². The van der Waals surface area contributed by atoms with Gasteiger partial charge < -0.3 is 15.3 Å². The molecule has 3 nitrogen and oxygen atoms in total. The normalized spacial score (nSPS) is 13.9. The number of hydrogen-bond donors (Lipinski definition) is 3. The second-order valence-electron chi connectivity index (χ2n) is 4.66. The fourth-order valence-electron chi connectivity index (χ4n) is 2.02. The third kappa shape index (κ3) is 3.60. The molecule has 2 aromatic carbocycles. The van der Waals surface area contributed by atoms with Crippen LogP contribution in [0.3, 0.4) is 0 Å². The summed E-state index contributed by atoms with van der Waals surface area (Å²) in [6.07, 6.45) is -1.14. The van der Waals surface area contributed by atoms with E-state index in [2.05, 4.69) is 15.9 Å². The molecule has 3 N–H and O–H groups in total. The Morgan fingerprint density at radius 2 is 1.35 bits per heavy atom. The van der Waals surface area contributed by atoms with E-state index in [1.165, 1.54) is 0 Å². The molecule has 0 fully saturated rings. The molecule has 0 saturated heterocycles. The van der Waals surface area contributed by atoms with Gasteiger partial charge in [0.05, 0.1) is 6.10 Å². The number of phenols is 1. The molecular formula is C16H17BrO3. The number of phenolic OH excluding ortho intramolecular Hbond substituents is 1. The van der Waals surface area contributed by atoms with Crippen LogP contribution in [0.1, 0.15) is 18.1 Å². The molecule has 0 aliphatic carbocycles. The second-order valence-corrected chi connectivity index (χ2v) is 5.45. The molecule has 2 unspecified atom stereocenters. The summed E-state index contributed by atoms with van der Waals surface area (Å²) in [5.41, 5.74) is 2.68. The lowest BCUT2D eigenvalue weighted by molar-refractivity contribution is 0.0174. The highest BCUT2D eigenvalue weighted by Gasteiger charge is 2.17. The van der Waals surface area contributed by atoms with Gasteiger partial charge in [-0.3, -0.25) is 0 Å². The molecule has 20 heavy (non-hydrogen) atoms. The van der Waals surface area contributed by atoms with Crippen LogP contribution in [0.25, 0.3) is 11.1 Å². The molecule has 0 saturated carbocycles. The van der Waals surface area contributed by atoms with Crippen molar-refractivity contribution in [1.82, 2.24) is 0 Å². The molecule has 4 heteroatoms. The Hall–Kier alpha value is -1.36. The van der Waals surface area contributed by atoms with Gasteiger partial charge in [0.25, 0.3) is 0 Å².